The van der Waals surface area contributed by atoms with Gasteiger partial charge < -0.3 is 15.1 Å². The van der Waals surface area contributed by atoms with Crippen LogP contribution in [0, 0.1) is 5.92 Å². The Morgan fingerprint density at radius 2 is 1.69 bits per heavy atom. The quantitative estimate of drug-likeness (QED) is 0.726. The third-order valence-corrected chi connectivity index (χ3v) is 6.59. The number of amides is 3. The number of hydrogen-bond acceptors (Lipinski definition) is 2. The van der Waals surface area contributed by atoms with Gasteiger partial charge in [0.15, 0.2) is 0 Å². The molecule has 3 rings (SSSR count). The van der Waals surface area contributed by atoms with Crippen LogP contribution in [0.4, 0.5) is 10.5 Å². The van der Waals surface area contributed by atoms with Crippen LogP contribution in [0.5, 0.6) is 0 Å². The molecule has 1 aliphatic carbocycles. The van der Waals surface area contributed by atoms with Crippen molar-refractivity contribution >= 4 is 17.6 Å². The van der Waals surface area contributed by atoms with Crippen molar-refractivity contribution in [3.63, 3.8) is 0 Å². The molecule has 160 valence electrons. The highest BCUT2D eigenvalue weighted by Crippen LogP contribution is 2.24. The maximum Gasteiger partial charge on any atom is 0.322 e. The second-order valence-corrected chi connectivity index (χ2v) is 8.78. The van der Waals surface area contributed by atoms with E-state index in [1.165, 1.54) is 12.0 Å². The molecule has 3 amide bonds. The smallest absolute Gasteiger partial charge is 0.322 e. The number of carbonyl (C=O) groups is 2. The Kier molecular flexibility index (Phi) is 7.96. The second-order valence-electron chi connectivity index (χ2n) is 8.78. The molecule has 2 aliphatic rings. The van der Waals surface area contributed by atoms with Crippen molar-refractivity contribution in [3.05, 3.63) is 29.8 Å². The molecule has 29 heavy (non-hydrogen) atoms. The van der Waals surface area contributed by atoms with Gasteiger partial charge in [-0.1, -0.05) is 45.2 Å². The lowest BCUT2D eigenvalue weighted by Crippen LogP contribution is -2.46. The average molecular weight is 400 g/mol. The first-order chi connectivity index (χ1) is 14.1. The van der Waals surface area contributed by atoms with E-state index in [1.54, 1.807) is 0 Å². The van der Waals surface area contributed by atoms with E-state index in [2.05, 4.69) is 31.3 Å². The van der Waals surface area contributed by atoms with Crippen molar-refractivity contribution in [2.75, 3.05) is 25.0 Å². The summed E-state index contributed by atoms with van der Waals surface area (Å²) in [7, 11) is 0. The van der Waals surface area contributed by atoms with E-state index in [4.69, 9.17) is 0 Å². The van der Waals surface area contributed by atoms with Gasteiger partial charge in [-0.2, -0.15) is 0 Å². The Morgan fingerprint density at radius 1 is 1.03 bits per heavy atom. The van der Waals surface area contributed by atoms with Crippen molar-refractivity contribution in [2.24, 2.45) is 5.92 Å². The molecule has 0 aromatic heterocycles. The predicted molar refractivity (Wildman–Crippen MR) is 118 cm³/mol. The molecule has 1 aromatic rings. The number of nitrogens with one attached hydrogen (secondary N) is 1. The van der Waals surface area contributed by atoms with Gasteiger partial charge in [-0.05, 0) is 55.7 Å². The third-order valence-electron chi connectivity index (χ3n) is 6.59. The lowest BCUT2D eigenvalue weighted by Gasteiger charge is -2.35. The van der Waals surface area contributed by atoms with Crippen LogP contribution >= 0.6 is 0 Å². The van der Waals surface area contributed by atoms with Gasteiger partial charge >= 0.3 is 6.03 Å². The van der Waals surface area contributed by atoms with Crippen molar-refractivity contribution < 1.29 is 9.59 Å². The van der Waals surface area contributed by atoms with Crippen molar-refractivity contribution in [2.45, 2.75) is 77.7 Å². The maximum absolute atomic E-state index is 13.1. The molecule has 5 heteroatoms. The zero-order valence-electron chi connectivity index (χ0n) is 18.2. The van der Waals surface area contributed by atoms with Crippen LogP contribution < -0.4 is 5.32 Å². The monoisotopic (exact) mass is 399 g/mol. The summed E-state index contributed by atoms with van der Waals surface area (Å²) in [5.41, 5.74) is 2.08. The fourth-order valence-electron chi connectivity index (χ4n) is 4.49. The summed E-state index contributed by atoms with van der Waals surface area (Å²) >= 11 is 0. The minimum atomic E-state index is -0.0683. The molecule has 0 bridgehead atoms. The number of anilines is 1. The summed E-state index contributed by atoms with van der Waals surface area (Å²) in [4.78, 5) is 29.7. The number of nitrogens with zero attached hydrogens (tertiary/aromatic N) is 2. The summed E-state index contributed by atoms with van der Waals surface area (Å²) < 4.78 is 0. The number of rotatable bonds is 6. The maximum atomic E-state index is 13.1. The van der Waals surface area contributed by atoms with E-state index in [1.807, 2.05) is 21.9 Å². The summed E-state index contributed by atoms with van der Waals surface area (Å²) in [5.74, 6) is 0.903. The van der Waals surface area contributed by atoms with Gasteiger partial charge in [-0.15, -0.1) is 0 Å². The Labute approximate surface area is 175 Å². The van der Waals surface area contributed by atoms with E-state index >= 15 is 0 Å². The number of hydrogen-bond donors (Lipinski definition) is 1. The number of urea groups is 1. The van der Waals surface area contributed by atoms with Crippen LogP contribution in [0.2, 0.25) is 0 Å². The summed E-state index contributed by atoms with van der Waals surface area (Å²) in [6, 6.07) is 8.23. The molecular formula is C24H37N3O2. The minimum absolute atomic E-state index is 0.0683. The van der Waals surface area contributed by atoms with Gasteiger partial charge in [-0.3, -0.25) is 4.79 Å². The molecule has 5 nitrogen and oxygen atoms in total. The largest absolute Gasteiger partial charge is 0.343 e. The lowest BCUT2D eigenvalue weighted by atomic mass is 9.94. The molecule has 0 radical (unpaired) electrons. The molecule has 1 saturated heterocycles. The Balaban J connectivity index is 1.60. The highest BCUT2D eigenvalue weighted by Gasteiger charge is 2.27. The Morgan fingerprint density at radius 3 is 2.31 bits per heavy atom. The molecule has 1 N–H and O–H groups in total. The summed E-state index contributed by atoms with van der Waals surface area (Å²) in [6.45, 7) is 6.61. The molecule has 2 fully saturated rings. The number of benzene rings is 1. The zero-order chi connectivity index (χ0) is 20.6. The highest BCUT2D eigenvalue weighted by atomic mass is 16.2. The Hall–Kier alpha value is -2.04. The van der Waals surface area contributed by atoms with E-state index in [-0.39, 0.29) is 18.0 Å². The SMILES string of the molecule is CCc1ccc(NC(=O)N(CCC(=O)N2CCC(C)CC2)C2CCCCC2)cc1. The molecule has 1 saturated carbocycles. The second kappa shape index (κ2) is 10.7. The number of likely N-dealkylation sites (tertiary alicyclic amines) is 1. The van der Waals surface area contributed by atoms with Crippen LogP contribution in [0.15, 0.2) is 24.3 Å². The zero-order valence-corrected chi connectivity index (χ0v) is 18.2. The van der Waals surface area contributed by atoms with Gasteiger partial charge in [0, 0.05) is 37.8 Å². The minimum Gasteiger partial charge on any atom is -0.343 e. The number of carbonyl (C=O) groups excluding carboxylic acids is 2. The van der Waals surface area contributed by atoms with Crippen molar-refractivity contribution in [1.29, 1.82) is 0 Å². The molecule has 1 aromatic carbocycles. The summed E-state index contributed by atoms with van der Waals surface area (Å²) in [5, 5.41) is 3.06. The van der Waals surface area contributed by atoms with Crippen LogP contribution in [0.3, 0.4) is 0 Å². The summed E-state index contributed by atoms with van der Waals surface area (Å²) in [6.07, 6.45) is 9.24. The third kappa shape index (κ3) is 6.22. The van der Waals surface area contributed by atoms with Gasteiger partial charge in [0.1, 0.15) is 0 Å². The van der Waals surface area contributed by atoms with E-state index in [0.29, 0.717) is 18.9 Å². The van der Waals surface area contributed by atoms with Gasteiger partial charge in [0.25, 0.3) is 0 Å². The fourth-order valence-corrected chi connectivity index (χ4v) is 4.49. The average Bonchev–Trinajstić information content (AvgIpc) is 2.75. The molecule has 0 unspecified atom stereocenters. The normalized spacial score (nSPS) is 18.5. The molecule has 1 aliphatic heterocycles. The van der Waals surface area contributed by atoms with Gasteiger partial charge in [0.05, 0.1) is 0 Å². The van der Waals surface area contributed by atoms with Gasteiger partial charge in [-0.25, -0.2) is 4.79 Å². The van der Waals surface area contributed by atoms with Crippen LogP contribution in [-0.4, -0.2) is 47.4 Å². The van der Waals surface area contributed by atoms with E-state index in [0.717, 1.165) is 63.7 Å². The molecule has 0 atom stereocenters. The topological polar surface area (TPSA) is 52.7 Å². The fraction of sp³-hybridized carbons (Fsp3) is 0.667. The first-order valence-corrected chi connectivity index (χ1v) is 11.5. The standard InChI is InChI=1S/C24H37N3O2/c1-3-20-9-11-21(12-10-20)25-24(29)27(22-7-5-4-6-8-22)18-15-23(28)26-16-13-19(2)14-17-26/h9-12,19,22H,3-8,13-18H2,1-2H3,(H,25,29). The predicted octanol–water partition coefficient (Wildman–Crippen LogP) is 5.06. The molecule has 1 heterocycles. The van der Waals surface area contributed by atoms with Crippen LogP contribution in [0.1, 0.15) is 70.8 Å². The molecular weight excluding hydrogens is 362 g/mol. The van der Waals surface area contributed by atoms with Crippen molar-refractivity contribution in [1.82, 2.24) is 9.80 Å². The van der Waals surface area contributed by atoms with Crippen molar-refractivity contribution in [3.8, 4) is 0 Å². The van der Waals surface area contributed by atoms with E-state index < -0.39 is 0 Å². The number of aryl methyl sites for hydroxylation is 1. The van der Waals surface area contributed by atoms with Crippen LogP contribution in [-0.2, 0) is 11.2 Å². The lowest BCUT2D eigenvalue weighted by molar-refractivity contribution is -0.132. The van der Waals surface area contributed by atoms with Crippen LogP contribution in [0.25, 0.3) is 0 Å². The Bertz CT molecular complexity index is 659. The number of piperidine rings is 1. The van der Waals surface area contributed by atoms with Gasteiger partial charge in [0.2, 0.25) is 5.91 Å². The van der Waals surface area contributed by atoms with E-state index in [9.17, 15) is 9.59 Å². The highest BCUT2D eigenvalue weighted by molar-refractivity contribution is 5.90. The molecule has 0 spiro atoms. The first-order valence-electron chi connectivity index (χ1n) is 11.5. The first kappa shape index (κ1) is 21.7.